The Labute approximate surface area is 198 Å². The molecule has 1 fully saturated rings. The van der Waals surface area contributed by atoms with Gasteiger partial charge in [-0.15, -0.1) is 0 Å². The second-order valence-corrected chi connectivity index (χ2v) is 31.2. The van der Waals surface area contributed by atoms with Crippen LogP contribution in [0.5, 0.6) is 0 Å². The van der Waals surface area contributed by atoms with E-state index in [1.165, 1.54) is 0 Å². The van der Waals surface area contributed by atoms with Gasteiger partial charge in [0.05, 0.1) is 13.3 Å². The molecule has 1 rings (SSSR count). The third-order valence-electron chi connectivity index (χ3n) is 8.14. The first-order valence-corrected chi connectivity index (χ1v) is 24.6. The van der Waals surface area contributed by atoms with Gasteiger partial charge in [0, 0.05) is 22.5 Å². The van der Waals surface area contributed by atoms with Crippen LogP contribution in [0.15, 0.2) is 0 Å². The van der Waals surface area contributed by atoms with Gasteiger partial charge in [-0.1, -0.05) is 54.3 Å². The average Bonchev–Trinajstić information content (AvgIpc) is 3.18. The first-order valence-electron chi connectivity index (χ1n) is 12.6. The maximum Gasteiger partial charge on any atom is 0.222 e. The van der Waals surface area contributed by atoms with Crippen molar-refractivity contribution in [1.82, 2.24) is 0 Å². The van der Waals surface area contributed by atoms with Crippen LogP contribution in [0.3, 0.4) is 0 Å². The van der Waals surface area contributed by atoms with Gasteiger partial charge < -0.3 is 19.0 Å². The molecule has 0 aromatic carbocycles. The van der Waals surface area contributed by atoms with E-state index in [4.69, 9.17) is 19.0 Å². The normalized spacial score (nSPS) is 29.9. The van der Waals surface area contributed by atoms with E-state index in [1.54, 1.807) is 0 Å². The third kappa shape index (κ3) is 6.24. The molecule has 0 amide bonds. The van der Waals surface area contributed by atoms with Crippen molar-refractivity contribution in [3.05, 3.63) is 0 Å². The van der Waals surface area contributed by atoms with Crippen molar-refractivity contribution in [3.8, 4) is 0 Å². The molecule has 2 N–H and O–H groups in total. The number of hydrogen-bond acceptors (Lipinski definition) is 4. The third-order valence-corrected chi connectivity index (χ3v) is 21.9. The summed E-state index contributed by atoms with van der Waals surface area (Å²) in [4.78, 5) is 0. The lowest BCUT2D eigenvalue weighted by Gasteiger charge is -2.52. The Hall–Kier alpha value is 0.708. The summed E-state index contributed by atoms with van der Waals surface area (Å²) in [7, 11) is -7.34. The maximum atomic E-state index is 7.17. The summed E-state index contributed by atoms with van der Waals surface area (Å²) >= 11 is 0. The van der Waals surface area contributed by atoms with Crippen LogP contribution in [-0.2, 0) is 13.3 Å². The highest BCUT2D eigenvalue weighted by atomic mass is 28.4. The molecule has 0 aromatic heterocycles. The highest BCUT2D eigenvalue weighted by Crippen LogP contribution is 2.57. The fourth-order valence-corrected chi connectivity index (χ4v) is 20.0. The fourth-order valence-electron chi connectivity index (χ4n) is 5.17. The molecule has 6 unspecified atom stereocenters. The molecule has 0 aliphatic carbocycles. The van der Waals surface area contributed by atoms with Crippen LogP contribution in [-0.4, -0.2) is 55.7 Å². The molecule has 0 aromatic rings. The summed E-state index contributed by atoms with van der Waals surface area (Å²) < 4.78 is 21.0. The predicted molar refractivity (Wildman–Crippen MR) is 147 cm³/mol. The van der Waals surface area contributed by atoms with Gasteiger partial charge in [-0.05, 0) is 65.0 Å². The van der Waals surface area contributed by atoms with Crippen LogP contribution in [0.1, 0.15) is 60.8 Å². The van der Waals surface area contributed by atoms with Gasteiger partial charge in [0.25, 0.3) is 0 Å². The van der Waals surface area contributed by atoms with Crippen LogP contribution in [0.2, 0.25) is 63.5 Å². The number of nitrogens with two attached hydrogens (primary N) is 1. The molecule has 6 atom stereocenters. The Balaban J connectivity index is 3.21. The van der Waals surface area contributed by atoms with Gasteiger partial charge in [0.15, 0.2) is 8.32 Å². The lowest BCUT2D eigenvalue weighted by molar-refractivity contribution is 0.121. The molecule has 4 nitrogen and oxygen atoms in total. The Morgan fingerprint density at radius 2 is 1.52 bits per heavy atom. The van der Waals surface area contributed by atoms with E-state index in [9.17, 15) is 0 Å². The Morgan fingerprint density at radius 1 is 1.00 bits per heavy atom. The molecule has 1 heterocycles. The second kappa shape index (κ2) is 9.76. The summed E-state index contributed by atoms with van der Waals surface area (Å²) in [6.45, 7) is 32.7. The van der Waals surface area contributed by atoms with Gasteiger partial charge in [0.2, 0.25) is 16.6 Å². The predicted octanol–water partition coefficient (Wildman–Crippen LogP) is 6.82. The van der Waals surface area contributed by atoms with Crippen molar-refractivity contribution in [2.45, 2.75) is 147 Å². The van der Waals surface area contributed by atoms with E-state index >= 15 is 0 Å². The van der Waals surface area contributed by atoms with Gasteiger partial charge in [0.1, 0.15) is 0 Å². The molecule has 0 radical (unpaired) electrons. The van der Waals surface area contributed by atoms with Crippen molar-refractivity contribution in [3.63, 3.8) is 0 Å². The second-order valence-electron chi connectivity index (χ2n) is 13.0. The van der Waals surface area contributed by atoms with Gasteiger partial charge in [-0.25, -0.2) is 0 Å². The van der Waals surface area contributed by atoms with Crippen molar-refractivity contribution in [2.75, 3.05) is 0 Å². The monoisotopic (exact) mass is 505 g/mol. The number of rotatable bonds is 13. The molecule has 0 saturated carbocycles. The van der Waals surface area contributed by atoms with Crippen LogP contribution >= 0.6 is 0 Å². The van der Waals surface area contributed by atoms with E-state index in [0.29, 0.717) is 5.73 Å². The van der Waals surface area contributed by atoms with Crippen LogP contribution in [0, 0.1) is 0 Å². The van der Waals surface area contributed by atoms with E-state index in [2.05, 4.69) is 93.9 Å². The maximum absolute atomic E-state index is 7.17. The smallest absolute Gasteiger partial charge is 0.222 e. The van der Waals surface area contributed by atoms with E-state index < -0.39 is 33.0 Å². The van der Waals surface area contributed by atoms with E-state index in [0.717, 1.165) is 25.3 Å². The molecule has 31 heavy (non-hydrogen) atoms. The summed E-state index contributed by atoms with van der Waals surface area (Å²) in [5.41, 5.74) is 7.29. The first-order chi connectivity index (χ1) is 13.7. The summed E-state index contributed by atoms with van der Waals surface area (Å²) in [5.74, 6) is 0. The molecule has 1 aliphatic rings. The Bertz CT molecular complexity index is 607. The molecular weight excluding hydrogens is 451 g/mol. The van der Waals surface area contributed by atoms with Gasteiger partial charge in [-0.2, -0.15) is 0 Å². The largest absolute Gasteiger partial charge is 0.415 e. The van der Waals surface area contributed by atoms with Crippen molar-refractivity contribution in [1.29, 1.82) is 0 Å². The zero-order valence-electron chi connectivity index (χ0n) is 23.4. The minimum Gasteiger partial charge on any atom is -0.415 e. The lowest BCUT2D eigenvalue weighted by Crippen LogP contribution is -2.66. The minimum absolute atomic E-state index is 0.00221. The topological polar surface area (TPSA) is 53.7 Å². The van der Waals surface area contributed by atoms with Crippen LogP contribution < -0.4 is 5.73 Å². The van der Waals surface area contributed by atoms with Gasteiger partial charge >= 0.3 is 0 Å². The lowest BCUT2D eigenvalue weighted by atomic mass is 10.1. The quantitative estimate of drug-likeness (QED) is 0.279. The van der Waals surface area contributed by atoms with E-state index in [1.807, 2.05) is 0 Å². The standard InChI is InChI=1S/C23H55NO3Si4/c1-15-20(24)31(14,26-21(16-2)28(7,8)9)22(5,6)19(4)25-30(13)18-23(30,17-3)27-29(10,11)12/h19-21H,15-18,24H2,1-14H3. The molecular formula is C23H55NO3Si4. The molecule has 1 aliphatic heterocycles. The van der Waals surface area contributed by atoms with Crippen molar-refractivity contribution >= 4 is 33.0 Å². The first kappa shape index (κ1) is 29.7. The fraction of sp³-hybridized carbons (Fsp3) is 1.00. The molecule has 0 spiro atoms. The van der Waals surface area contributed by atoms with Gasteiger partial charge in [-0.3, -0.25) is 0 Å². The minimum atomic E-state index is -2.34. The molecule has 0 bridgehead atoms. The zero-order valence-corrected chi connectivity index (χ0v) is 27.4. The highest BCUT2D eigenvalue weighted by Gasteiger charge is 2.71. The SMILES string of the molecule is CCC(O[Si](C)(C(N)CC)C(C)(C)C(C)O[Si]1(C)CC1(CC)O[Si](C)(C)C)[Si](C)(C)C. The highest BCUT2D eigenvalue weighted by molar-refractivity contribution is 6.88. The zero-order chi connectivity index (χ0) is 24.7. The summed E-state index contributed by atoms with van der Waals surface area (Å²) in [6.07, 6.45) is 3.18. The summed E-state index contributed by atoms with van der Waals surface area (Å²) in [5, 5.41) is -0.0927. The Kier molecular flexibility index (Phi) is 9.36. The van der Waals surface area contributed by atoms with Crippen LogP contribution in [0.4, 0.5) is 0 Å². The number of hydrogen-bond donors (Lipinski definition) is 1. The average molecular weight is 506 g/mol. The molecule has 8 heteroatoms. The Morgan fingerprint density at radius 3 is 1.87 bits per heavy atom. The summed E-state index contributed by atoms with van der Waals surface area (Å²) in [6, 6.07) is 1.12. The molecule has 1 saturated heterocycles. The van der Waals surface area contributed by atoms with Crippen LogP contribution in [0.25, 0.3) is 0 Å². The van der Waals surface area contributed by atoms with Crippen molar-refractivity contribution in [2.24, 2.45) is 5.73 Å². The van der Waals surface area contributed by atoms with Crippen molar-refractivity contribution < 1.29 is 13.3 Å². The molecule has 186 valence electrons. The van der Waals surface area contributed by atoms with E-state index in [-0.39, 0.29) is 22.0 Å².